The SMILES string of the molecule is Cc1ccc(S(=O)(=O)Nc2ccccc2C(=O)Nc2nc3ccc(C)cc3s2)cc1. The van der Waals surface area contributed by atoms with Crippen molar-refractivity contribution in [2.75, 3.05) is 10.0 Å². The van der Waals surface area contributed by atoms with Crippen LogP contribution in [0.3, 0.4) is 0 Å². The zero-order valence-electron chi connectivity index (χ0n) is 16.3. The first-order chi connectivity index (χ1) is 14.3. The lowest BCUT2D eigenvalue weighted by Gasteiger charge is -2.12. The van der Waals surface area contributed by atoms with E-state index in [1.54, 1.807) is 36.4 Å². The van der Waals surface area contributed by atoms with Crippen LogP contribution in [0.25, 0.3) is 10.2 Å². The zero-order chi connectivity index (χ0) is 21.3. The zero-order valence-corrected chi connectivity index (χ0v) is 18.0. The van der Waals surface area contributed by atoms with E-state index in [0.717, 1.165) is 21.3 Å². The van der Waals surface area contributed by atoms with E-state index in [9.17, 15) is 13.2 Å². The molecule has 0 radical (unpaired) electrons. The second-order valence-electron chi connectivity index (χ2n) is 6.91. The molecule has 1 heterocycles. The number of para-hydroxylation sites is 1. The lowest BCUT2D eigenvalue weighted by Crippen LogP contribution is -2.18. The molecule has 3 aromatic carbocycles. The summed E-state index contributed by atoms with van der Waals surface area (Å²) in [5, 5.41) is 3.23. The molecule has 0 saturated heterocycles. The van der Waals surface area contributed by atoms with E-state index in [2.05, 4.69) is 15.0 Å². The van der Waals surface area contributed by atoms with E-state index in [1.165, 1.54) is 23.5 Å². The summed E-state index contributed by atoms with van der Waals surface area (Å²) in [5.41, 5.74) is 3.28. The first-order valence-electron chi connectivity index (χ1n) is 9.19. The van der Waals surface area contributed by atoms with Crippen LogP contribution in [0.15, 0.2) is 71.6 Å². The minimum atomic E-state index is -3.83. The van der Waals surface area contributed by atoms with Crippen LogP contribution in [0.2, 0.25) is 0 Å². The van der Waals surface area contributed by atoms with Gasteiger partial charge in [-0.15, -0.1) is 0 Å². The van der Waals surface area contributed by atoms with Crippen molar-refractivity contribution in [2.24, 2.45) is 0 Å². The average Bonchev–Trinajstić information content (AvgIpc) is 3.09. The minimum absolute atomic E-state index is 0.129. The highest BCUT2D eigenvalue weighted by Crippen LogP contribution is 2.28. The van der Waals surface area contributed by atoms with Gasteiger partial charge in [0.1, 0.15) is 0 Å². The Hall–Kier alpha value is -3.23. The third-order valence-electron chi connectivity index (χ3n) is 4.51. The van der Waals surface area contributed by atoms with Gasteiger partial charge < -0.3 is 0 Å². The van der Waals surface area contributed by atoms with Crippen molar-refractivity contribution < 1.29 is 13.2 Å². The number of fused-ring (bicyclic) bond motifs is 1. The van der Waals surface area contributed by atoms with Gasteiger partial charge in [-0.05, 0) is 55.8 Å². The number of amides is 1. The fourth-order valence-corrected chi connectivity index (χ4v) is 4.98. The monoisotopic (exact) mass is 437 g/mol. The predicted molar refractivity (Wildman–Crippen MR) is 121 cm³/mol. The number of anilines is 2. The Kier molecular flexibility index (Phi) is 5.27. The fraction of sp³-hybridized carbons (Fsp3) is 0.0909. The Bertz CT molecular complexity index is 1340. The molecular weight excluding hydrogens is 418 g/mol. The number of aryl methyl sites for hydroxylation is 2. The number of rotatable bonds is 5. The molecule has 0 atom stereocenters. The molecule has 0 unspecified atom stereocenters. The van der Waals surface area contributed by atoms with Gasteiger partial charge in [-0.3, -0.25) is 14.8 Å². The van der Waals surface area contributed by atoms with Gasteiger partial charge in [0.15, 0.2) is 5.13 Å². The summed E-state index contributed by atoms with van der Waals surface area (Å²) in [7, 11) is -3.83. The van der Waals surface area contributed by atoms with E-state index in [4.69, 9.17) is 0 Å². The molecule has 6 nitrogen and oxygen atoms in total. The van der Waals surface area contributed by atoms with Crippen molar-refractivity contribution in [3.8, 4) is 0 Å². The van der Waals surface area contributed by atoms with E-state index >= 15 is 0 Å². The largest absolute Gasteiger partial charge is 0.298 e. The number of hydrogen-bond donors (Lipinski definition) is 2. The van der Waals surface area contributed by atoms with Crippen LogP contribution in [-0.4, -0.2) is 19.3 Å². The molecule has 4 rings (SSSR count). The molecule has 0 saturated carbocycles. The van der Waals surface area contributed by atoms with Crippen molar-refractivity contribution in [1.82, 2.24) is 4.98 Å². The maximum absolute atomic E-state index is 12.9. The number of nitrogens with one attached hydrogen (secondary N) is 2. The number of nitrogens with zero attached hydrogens (tertiary/aromatic N) is 1. The number of hydrogen-bond acceptors (Lipinski definition) is 5. The first kappa shape index (κ1) is 20.1. The number of carbonyl (C=O) groups excluding carboxylic acids is 1. The van der Waals surface area contributed by atoms with E-state index in [0.29, 0.717) is 5.13 Å². The number of benzene rings is 3. The molecule has 0 bridgehead atoms. The molecular formula is C22H19N3O3S2. The molecule has 152 valence electrons. The maximum Gasteiger partial charge on any atom is 0.261 e. The topological polar surface area (TPSA) is 88.2 Å². The van der Waals surface area contributed by atoms with Crippen molar-refractivity contribution in [3.05, 3.63) is 83.4 Å². The van der Waals surface area contributed by atoms with Crippen molar-refractivity contribution in [3.63, 3.8) is 0 Å². The Labute approximate surface area is 178 Å². The van der Waals surface area contributed by atoms with Gasteiger partial charge in [0.2, 0.25) is 0 Å². The number of sulfonamides is 1. The van der Waals surface area contributed by atoms with Gasteiger partial charge in [0, 0.05) is 0 Å². The lowest BCUT2D eigenvalue weighted by atomic mass is 10.2. The summed E-state index contributed by atoms with van der Waals surface area (Å²) in [5.74, 6) is -0.437. The van der Waals surface area contributed by atoms with Gasteiger partial charge in [0.25, 0.3) is 15.9 Å². The van der Waals surface area contributed by atoms with Crippen molar-refractivity contribution in [1.29, 1.82) is 0 Å². The molecule has 0 aliphatic heterocycles. The Balaban J connectivity index is 1.60. The highest BCUT2D eigenvalue weighted by Gasteiger charge is 2.19. The standard InChI is InChI=1S/C22H19N3O3S2/c1-14-7-10-16(11-8-14)30(27,28)25-18-6-4-3-5-17(18)21(26)24-22-23-19-12-9-15(2)13-20(19)29-22/h3-13,25H,1-2H3,(H,23,24,26). The van der Waals surface area contributed by atoms with Crippen LogP contribution in [-0.2, 0) is 10.0 Å². The summed E-state index contributed by atoms with van der Waals surface area (Å²) in [6.07, 6.45) is 0. The van der Waals surface area contributed by atoms with Crippen molar-refractivity contribution in [2.45, 2.75) is 18.7 Å². The first-order valence-corrected chi connectivity index (χ1v) is 11.5. The van der Waals surface area contributed by atoms with Crippen LogP contribution in [0.5, 0.6) is 0 Å². The van der Waals surface area contributed by atoms with Gasteiger partial charge in [-0.1, -0.05) is 47.2 Å². The summed E-state index contributed by atoms with van der Waals surface area (Å²) >= 11 is 1.37. The lowest BCUT2D eigenvalue weighted by molar-refractivity contribution is 0.102. The summed E-state index contributed by atoms with van der Waals surface area (Å²) in [6, 6.07) is 18.9. The quantitative estimate of drug-likeness (QED) is 0.462. The van der Waals surface area contributed by atoms with Gasteiger partial charge >= 0.3 is 0 Å². The summed E-state index contributed by atoms with van der Waals surface area (Å²) < 4.78 is 29.0. The average molecular weight is 438 g/mol. The number of thiazole rings is 1. The van der Waals surface area contributed by atoms with E-state index in [1.807, 2.05) is 32.0 Å². The molecule has 0 aliphatic carbocycles. The normalized spacial score (nSPS) is 11.4. The van der Waals surface area contributed by atoms with E-state index < -0.39 is 15.9 Å². The van der Waals surface area contributed by atoms with Crippen LogP contribution < -0.4 is 10.0 Å². The Morgan fingerprint density at radius 2 is 1.63 bits per heavy atom. The van der Waals surface area contributed by atoms with Crippen molar-refractivity contribution >= 4 is 48.3 Å². The predicted octanol–water partition coefficient (Wildman–Crippen LogP) is 4.97. The fourth-order valence-electron chi connectivity index (χ4n) is 2.94. The molecule has 0 spiro atoms. The van der Waals surface area contributed by atoms with Crippen LogP contribution >= 0.6 is 11.3 Å². The van der Waals surface area contributed by atoms with Crippen LogP contribution in [0.4, 0.5) is 10.8 Å². The second-order valence-corrected chi connectivity index (χ2v) is 9.62. The molecule has 0 aliphatic rings. The molecule has 8 heteroatoms. The van der Waals surface area contributed by atoms with E-state index in [-0.39, 0.29) is 16.1 Å². The van der Waals surface area contributed by atoms with Crippen LogP contribution in [0, 0.1) is 13.8 Å². The molecule has 0 fully saturated rings. The third kappa shape index (κ3) is 4.19. The molecule has 30 heavy (non-hydrogen) atoms. The van der Waals surface area contributed by atoms with Gasteiger partial charge in [-0.2, -0.15) is 0 Å². The number of carbonyl (C=O) groups is 1. The molecule has 1 amide bonds. The Morgan fingerprint density at radius 3 is 2.40 bits per heavy atom. The van der Waals surface area contributed by atoms with Gasteiger partial charge in [0.05, 0.1) is 26.4 Å². The van der Waals surface area contributed by atoms with Gasteiger partial charge in [-0.25, -0.2) is 13.4 Å². The smallest absolute Gasteiger partial charge is 0.261 e. The maximum atomic E-state index is 12.9. The highest BCUT2D eigenvalue weighted by molar-refractivity contribution is 7.92. The highest BCUT2D eigenvalue weighted by atomic mass is 32.2. The summed E-state index contributed by atoms with van der Waals surface area (Å²) in [4.78, 5) is 17.4. The van der Waals surface area contributed by atoms with Crippen LogP contribution in [0.1, 0.15) is 21.5 Å². The molecule has 4 aromatic rings. The molecule has 1 aromatic heterocycles. The minimum Gasteiger partial charge on any atom is -0.298 e. The number of aromatic nitrogens is 1. The Morgan fingerprint density at radius 1 is 0.933 bits per heavy atom. The third-order valence-corrected chi connectivity index (χ3v) is 6.83. The molecule has 2 N–H and O–H groups in total. The summed E-state index contributed by atoms with van der Waals surface area (Å²) in [6.45, 7) is 3.88. The second kappa shape index (κ2) is 7.89.